The predicted molar refractivity (Wildman–Crippen MR) is 102 cm³/mol. The van der Waals surface area contributed by atoms with Gasteiger partial charge in [0.15, 0.2) is 5.78 Å². The molecule has 3 rings (SSSR count). The van der Waals surface area contributed by atoms with Crippen LogP contribution in [-0.2, 0) is 6.54 Å². The Labute approximate surface area is 158 Å². The predicted octanol–water partition coefficient (Wildman–Crippen LogP) is 3.34. The van der Waals surface area contributed by atoms with Gasteiger partial charge in [-0.2, -0.15) is 0 Å². The van der Waals surface area contributed by atoms with E-state index < -0.39 is 12.8 Å². The van der Waals surface area contributed by atoms with Gasteiger partial charge in [0.05, 0.1) is 13.1 Å². The van der Waals surface area contributed by atoms with Crippen LogP contribution in [0.4, 0.5) is 14.9 Å². The molecule has 1 aliphatic rings. The van der Waals surface area contributed by atoms with Gasteiger partial charge in [0.1, 0.15) is 12.8 Å². The number of hydrogen-bond acceptors (Lipinski definition) is 3. The minimum absolute atomic E-state index is 0.116. The molecule has 5 nitrogen and oxygen atoms in total. The van der Waals surface area contributed by atoms with Crippen LogP contribution in [0.5, 0.6) is 0 Å². The van der Waals surface area contributed by atoms with Crippen LogP contribution in [0.1, 0.15) is 27.9 Å². The van der Waals surface area contributed by atoms with Gasteiger partial charge in [0.2, 0.25) is 0 Å². The van der Waals surface area contributed by atoms with Crippen LogP contribution in [0.25, 0.3) is 0 Å². The summed E-state index contributed by atoms with van der Waals surface area (Å²) in [7, 11) is 0. The number of aliphatic hydroxyl groups excluding tert-OH is 1. The minimum atomic E-state index is -0.975. The van der Waals surface area contributed by atoms with Crippen molar-refractivity contribution in [3.63, 3.8) is 0 Å². The van der Waals surface area contributed by atoms with Crippen molar-refractivity contribution in [1.82, 2.24) is 4.90 Å². The summed E-state index contributed by atoms with van der Waals surface area (Å²) in [4.78, 5) is 27.8. The number of carbonyl (C=O) groups excluding carboxylic acids is 2. The van der Waals surface area contributed by atoms with Crippen LogP contribution in [0.2, 0.25) is 0 Å². The molecule has 1 fully saturated rings. The number of benzene rings is 2. The van der Waals surface area contributed by atoms with E-state index in [1.165, 1.54) is 4.90 Å². The Balaban J connectivity index is 1.85. The first-order chi connectivity index (χ1) is 13.0. The van der Waals surface area contributed by atoms with E-state index in [1.807, 2.05) is 31.2 Å². The fourth-order valence-electron chi connectivity index (χ4n) is 3.20. The first-order valence-corrected chi connectivity index (χ1v) is 8.98. The number of nitrogens with zero attached hydrogens (tertiary/aromatic N) is 2. The van der Waals surface area contributed by atoms with Gasteiger partial charge in [0.25, 0.3) is 0 Å². The van der Waals surface area contributed by atoms with Crippen molar-refractivity contribution in [3.8, 4) is 0 Å². The summed E-state index contributed by atoms with van der Waals surface area (Å²) in [5.41, 5.74) is 3.04. The van der Waals surface area contributed by atoms with Gasteiger partial charge >= 0.3 is 6.03 Å². The third kappa shape index (κ3) is 4.52. The van der Waals surface area contributed by atoms with E-state index in [-0.39, 0.29) is 18.4 Å². The normalized spacial score (nSPS) is 16.4. The SMILES string of the molecule is Cc1cccc(N(Cc2ccc(C(=O)CO)cc2)C(=O)N2CC[C@@H](F)C2)c1. The van der Waals surface area contributed by atoms with Gasteiger partial charge in [-0.3, -0.25) is 9.69 Å². The third-order valence-electron chi connectivity index (χ3n) is 4.71. The number of alkyl halides is 1. The smallest absolute Gasteiger partial charge is 0.324 e. The van der Waals surface area contributed by atoms with Crippen molar-refractivity contribution in [2.24, 2.45) is 0 Å². The lowest BCUT2D eigenvalue weighted by atomic mass is 10.1. The maximum absolute atomic E-state index is 13.6. The average molecular weight is 370 g/mol. The molecule has 0 bridgehead atoms. The van der Waals surface area contributed by atoms with Crippen LogP contribution in [0.3, 0.4) is 0 Å². The van der Waals surface area contributed by atoms with E-state index in [9.17, 15) is 14.0 Å². The summed E-state index contributed by atoms with van der Waals surface area (Å²) in [6.07, 6.45) is -0.608. The summed E-state index contributed by atoms with van der Waals surface area (Å²) in [6, 6.07) is 14.2. The highest BCUT2D eigenvalue weighted by Crippen LogP contribution is 2.23. The number of amides is 2. The maximum Gasteiger partial charge on any atom is 0.324 e. The van der Waals surface area contributed by atoms with E-state index in [0.717, 1.165) is 16.8 Å². The van der Waals surface area contributed by atoms with E-state index in [0.29, 0.717) is 25.1 Å². The quantitative estimate of drug-likeness (QED) is 0.821. The first-order valence-electron chi connectivity index (χ1n) is 8.98. The second-order valence-corrected chi connectivity index (χ2v) is 6.82. The Morgan fingerprint density at radius 3 is 2.56 bits per heavy atom. The molecule has 2 aromatic rings. The van der Waals surface area contributed by atoms with E-state index in [1.54, 1.807) is 29.2 Å². The third-order valence-corrected chi connectivity index (χ3v) is 4.71. The Kier molecular flexibility index (Phi) is 5.86. The van der Waals surface area contributed by atoms with Crippen LogP contribution >= 0.6 is 0 Å². The molecule has 1 heterocycles. The highest BCUT2D eigenvalue weighted by atomic mass is 19.1. The molecular weight excluding hydrogens is 347 g/mol. The molecule has 142 valence electrons. The number of aliphatic hydroxyl groups is 1. The van der Waals surface area contributed by atoms with Crippen molar-refractivity contribution in [2.75, 3.05) is 24.6 Å². The highest BCUT2D eigenvalue weighted by molar-refractivity contribution is 5.97. The van der Waals surface area contributed by atoms with Gasteiger partial charge in [-0.15, -0.1) is 0 Å². The van der Waals surface area contributed by atoms with E-state index in [4.69, 9.17) is 5.11 Å². The van der Waals surface area contributed by atoms with Gasteiger partial charge in [0, 0.05) is 17.8 Å². The number of halogens is 1. The van der Waals surface area contributed by atoms with Crippen molar-refractivity contribution < 1.29 is 19.1 Å². The molecule has 6 heteroatoms. The minimum Gasteiger partial charge on any atom is -0.388 e. The van der Waals surface area contributed by atoms with Crippen molar-refractivity contribution in [3.05, 3.63) is 65.2 Å². The molecule has 1 atom stereocenters. The lowest BCUT2D eigenvalue weighted by Gasteiger charge is -2.28. The second-order valence-electron chi connectivity index (χ2n) is 6.82. The van der Waals surface area contributed by atoms with Crippen molar-refractivity contribution in [1.29, 1.82) is 0 Å². The average Bonchev–Trinajstić information content (AvgIpc) is 3.12. The number of anilines is 1. The molecule has 1 saturated heterocycles. The van der Waals surface area contributed by atoms with Crippen LogP contribution in [0.15, 0.2) is 48.5 Å². The summed E-state index contributed by atoms with van der Waals surface area (Å²) in [5.74, 6) is -0.348. The number of hydrogen-bond donors (Lipinski definition) is 1. The number of ketones is 1. The Hall–Kier alpha value is -2.73. The zero-order valence-corrected chi connectivity index (χ0v) is 15.3. The lowest BCUT2D eigenvalue weighted by molar-refractivity contribution is 0.0903. The monoisotopic (exact) mass is 370 g/mol. The highest BCUT2D eigenvalue weighted by Gasteiger charge is 2.30. The summed E-state index contributed by atoms with van der Waals surface area (Å²) in [6.45, 7) is 2.25. The van der Waals surface area contributed by atoms with Crippen LogP contribution in [-0.4, -0.2) is 47.7 Å². The first kappa shape index (κ1) is 19.0. The Morgan fingerprint density at radius 1 is 1.22 bits per heavy atom. The molecule has 1 N–H and O–H groups in total. The molecule has 0 aromatic heterocycles. The largest absolute Gasteiger partial charge is 0.388 e. The van der Waals surface area contributed by atoms with E-state index in [2.05, 4.69) is 0 Å². The zero-order chi connectivity index (χ0) is 19.4. The summed E-state index contributed by atoms with van der Waals surface area (Å²) < 4.78 is 13.6. The van der Waals surface area contributed by atoms with Crippen LogP contribution < -0.4 is 4.90 Å². The molecule has 0 aliphatic carbocycles. The van der Waals surface area contributed by atoms with E-state index >= 15 is 0 Å². The summed E-state index contributed by atoms with van der Waals surface area (Å²) >= 11 is 0. The molecule has 2 aromatic carbocycles. The Morgan fingerprint density at radius 2 is 1.96 bits per heavy atom. The van der Waals surface area contributed by atoms with Crippen molar-refractivity contribution >= 4 is 17.5 Å². The van der Waals surface area contributed by atoms with Crippen LogP contribution in [0, 0.1) is 6.92 Å². The number of aryl methyl sites for hydroxylation is 1. The molecule has 0 unspecified atom stereocenters. The topological polar surface area (TPSA) is 60.9 Å². The second kappa shape index (κ2) is 8.31. The molecule has 27 heavy (non-hydrogen) atoms. The number of rotatable bonds is 5. The zero-order valence-electron chi connectivity index (χ0n) is 15.3. The molecule has 1 aliphatic heterocycles. The Bertz CT molecular complexity index is 822. The van der Waals surface area contributed by atoms with Gasteiger partial charge in [-0.05, 0) is 36.6 Å². The van der Waals surface area contributed by atoms with Gasteiger partial charge in [-0.1, -0.05) is 36.4 Å². The summed E-state index contributed by atoms with van der Waals surface area (Å²) in [5, 5.41) is 8.95. The number of Topliss-reactive ketones (excluding diaryl/α,β-unsaturated/α-hetero) is 1. The van der Waals surface area contributed by atoms with Crippen molar-refractivity contribution in [2.45, 2.75) is 26.1 Å². The van der Waals surface area contributed by atoms with Gasteiger partial charge < -0.3 is 10.0 Å². The van der Waals surface area contributed by atoms with Gasteiger partial charge in [-0.25, -0.2) is 9.18 Å². The molecular formula is C21H23FN2O3. The number of likely N-dealkylation sites (tertiary alicyclic amines) is 1. The lowest BCUT2D eigenvalue weighted by Crippen LogP contribution is -2.42. The molecule has 2 amide bonds. The fraction of sp³-hybridized carbons (Fsp3) is 0.333. The standard InChI is InChI=1S/C21H23FN2O3/c1-15-3-2-4-19(11-15)24(21(27)23-10-9-18(22)13-23)12-16-5-7-17(8-6-16)20(26)14-25/h2-8,11,18,25H,9-10,12-14H2,1H3/t18-/m1/s1. The number of urea groups is 1. The molecule has 0 radical (unpaired) electrons. The molecule has 0 saturated carbocycles. The number of carbonyl (C=O) groups is 2. The fourth-order valence-corrected chi connectivity index (χ4v) is 3.20. The maximum atomic E-state index is 13.6. The molecule has 0 spiro atoms.